The molecular weight excluding hydrogens is 693 g/mol. The normalized spacial score (nSPS) is 21.2. The van der Waals surface area contributed by atoms with Crippen LogP contribution in [0.25, 0.3) is 32.2 Å². The number of fused-ring (bicyclic) bond motifs is 3. The molecule has 2 atom stereocenters. The molecule has 0 radical (unpaired) electrons. The maximum absolute atomic E-state index is 16.8. The minimum Gasteiger partial charge on any atom is -0.461 e. The first-order valence-electron chi connectivity index (χ1n) is 16.3. The Labute approximate surface area is 293 Å². The molecule has 2 amide bonds. The summed E-state index contributed by atoms with van der Waals surface area (Å²) in [5.41, 5.74) is 5.81. The largest absolute Gasteiger partial charge is 0.461 e. The zero-order valence-corrected chi connectivity index (χ0v) is 28.2. The molecule has 2 aromatic carbocycles. The van der Waals surface area contributed by atoms with Crippen LogP contribution in [0.4, 0.5) is 34.9 Å². The van der Waals surface area contributed by atoms with Crippen molar-refractivity contribution in [2.45, 2.75) is 49.9 Å². The first-order chi connectivity index (χ1) is 24.2. The fourth-order valence-corrected chi connectivity index (χ4v) is 8.45. The van der Waals surface area contributed by atoms with Gasteiger partial charge in [0, 0.05) is 61.0 Å². The van der Waals surface area contributed by atoms with E-state index in [2.05, 4.69) is 40.5 Å². The second kappa shape index (κ2) is 13.0. The number of aromatic nitrogens is 5. The molecule has 12 nitrogen and oxygen atoms in total. The monoisotopic (exact) mass is 724 g/mol. The smallest absolute Gasteiger partial charge is 0.324 e. The van der Waals surface area contributed by atoms with Gasteiger partial charge in [-0.25, -0.2) is 32.9 Å². The van der Waals surface area contributed by atoms with Crippen molar-refractivity contribution in [1.82, 2.24) is 34.7 Å². The van der Waals surface area contributed by atoms with Gasteiger partial charge in [0.15, 0.2) is 10.9 Å². The Morgan fingerprint density at radius 3 is 2.72 bits per heavy atom. The quantitative estimate of drug-likeness (QED) is 0.175. The van der Waals surface area contributed by atoms with E-state index in [0.717, 1.165) is 30.7 Å². The van der Waals surface area contributed by atoms with Gasteiger partial charge in [-0.3, -0.25) is 10.2 Å². The summed E-state index contributed by atoms with van der Waals surface area (Å²) in [6.45, 7) is 2.15. The predicted octanol–water partition coefficient (Wildman–Crippen LogP) is 6.27. The highest BCUT2D eigenvalue weighted by atomic mass is 35.5. The van der Waals surface area contributed by atoms with E-state index in [4.69, 9.17) is 22.1 Å². The third-order valence-electron chi connectivity index (χ3n) is 9.78. The van der Waals surface area contributed by atoms with Crippen LogP contribution >= 0.6 is 22.9 Å². The van der Waals surface area contributed by atoms with Gasteiger partial charge in [0.2, 0.25) is 5.95 Å². The number of nitrogens with one attached hydrogen (secondary N) is 2. The minimum atomic E-state index is -0.948. The first-order valence-corrected chi connectivity index (χ1v) is 17.5. The van der Waals surface area contributed by atoms with Crippen molar-refractivity contribution in [1.29, 1.82) is 0 Å². The predicted molar refractivity (Wildman–Crippen MR) is 185 cm³/mol. The second-order valence-corrected chi connectivity index (χ2v) is 14.3. The van der Waals surface area contributed by atoms with Crippen molar-refractivity contribution in [3.05, 3.63) is 53.3 Å². The molecule has 3 aromatic heterocycles. The van der Waals surface area contributed by atoms with E-state index >= 15 is 4.39 Å². The standard InChI is InChI=1S/C33H32ClF3N10O2S/c34-21-13-20-25(24(37)23(21)19-3-4-22(36)27-26(19)42-29(38)50-27)43-31(49-16-33-7-1-10-47(33)15-17(35)14-33)44-28(20)41-18-5-11-46(12-6-18)32(48)45-30-39-8-2-9-40-30/h2-4,8-9,13,17-18H,1,5-7,10-12,14-16H2,(H2,38,42)(H,41,43,44)(H,39,40,45,48)/t17-,33+/m1/s1. The van der Waals surface area contributed by atoms with Crippen molar-refractivity contribution in [3.63, 3.8) is 0 Å². The van der Waals surface area contributed by atoms with E-state index in [1.54, 1.807) is 29.4 Å². The van der Waals surface area contributed by atoms with E-state index < -0.39 is 23.3 Å². The van der Waals surface area contributed by atoms with Crippen molar-refractivity contribution in [2.24, 2.45) is 0 Å². The summed E-state index contributed by atoms with van der Waals surface area (Å²) in [6.07, 6.45) is 5.33. The number of halogens is 4. The molecule has 3 saturated heterocycles. The highest BCUT2D eigenvalue weighted by Crippen LogP contribution is 2.43. The molecule has 0 saturated carbocycles. The Balaban J connectivity index is 1.12. The Morgan fingerprint density at radius 2 is 1.92 bits per heavy atom. The summed E-state index contributed by atoms with van der Waals surface area (Å²) < 4.78 is 52.3. The maximum atomic E-state index is 16.8. The molecule has 260 valence electrons. The molecule has 6 heterocycles. The molecule has 0 bridgehead atoms. The average Bonchev–Trinajstić information content (AvgIpc) is 3.78. The molecule has 3 fully saturated rings. The Bertz CT molecular complexity index is 2100. The summed E-state index contributed by atoms with van der Waals surface area (Å²) in [4.78, 5) is 38.2. The van der Waals surface area contributed by atoms with Gasteiger partial charge < -0.3 is 20.7 Å². The number of urea groups is 1. The third kappa shape index (κ3) is 5.98. The number of benzene rings is 2. The van der Waals surface area contributed by atoms with Gasteiger partial charge in [0.25, 0.3) is 0 Å². The summed E-state index contributed by atoms with van der Waals surface area (Å²) in [5.74, 6) is -0.770. The number of hydrogen-bond acceptors (Lipinski definition) is 11. The second-order valence-electron chi connectivity index (χ2n) is 12.9. The molecule has 3 aliphatic rings. The van der Waals surface area contributed by atoms with Gasteiger partial charge in [0.1, 0.15) is 29.9 Å². The number of anilines is 3. The number of carbonyl (C=O) groups is 1. The number of likely N-dealkylation sites (tertiary alicyclic amines) is 1. The van der Waals surface area contributed by atoms with Gasteiger partial charge >= 0.3 is 12.0 Å². The van der Waals surface area contributed by atoms with Gasteiger partial charge in [0.05, 0.1) is 20.8 Å². The lowest BCUT2D eigenvalue weighted by molar-refractivity contribution is 0.107. The van der Waals surface area contributed by atoms with E-state index in [1.807, 2.05) is 0 Å². The fourth-order valence-electron chi connectivity index (χ4n) is 7.40. The van der Waals surface area contributed by atoms with E-state index in [1.165, 1.54) is 12.1 Å². The van der Waals surface area contributed by atoms with Crippen LogP contribution < -0.4 is 21.1 Å². The number of alkyl halides is 1. The number of piperidine rings is 1. The lowest BCUT2D eigenvalue weighted by Crippen LogP contribution is -2.44. The fraction of sp³-hybridized carbons (Fsp3) is 0.394. The highest BCUT2D eigenvalue weighted by molar-refractivity contribution is 7.22. The molecule has 0 unspecified atom stereocenters. The van der Waals surface area contributed by atoms with Crippen LogP contribution in [-0.2, 0) is 0 Å². The number of rotatable bonds is 7. The summed E-state index contributed by atoms with van der Waals surface area (Å²) in [6, 6.07) is 5.35. The number of amides is 2. The Hall–Kier alpha value is -4.54. The van der Waals surface area contributed by atoms with Crippen LogP contribution in [-0.4, -0.2) is 91.3 Å². The van der Waals surface area contributed by atoms with Crippen LogP contribution in [0.1, 0.15) is 32.1 Å². The molecule has 50 heavy (non-hydrogen) atoms. The lowest BCUT2D eigenvalue weighted by atomic mass is 9.95. The molecule has 8 rings (SSSR count). The lowest BCUT2D eigenvalue weighted by Gasteiger charge is -2.33. The molecule has 4 N–H and O–H groups in total. The zero-order valence-electron chi connectivity index (χ0n) is 26.6. The van der Waals surface area contributed by atoms with E-state index in [-0.39, 0.29) is 67.7 Å². The van der Waals surface area contributed by atoms with Gasteiger partial charge in [-0.1, -0.05) is 22.9 Å². The van der Waals surface area contributed by atoms with Crippen LogP contribution in [0.15, 0.2) is 36.7 Å². The van der Waals surface area contributed by atoms with Crippen LogP contribution in [0.5, 0.6) is 6.01 Å². The van der Waals surface area contributed by atoms with E-state index in [9.17, 15) is 13.6 Å². The minimum absolute atomic E-state index is 0.0107. The summed E-state index contributed by atoms with van der Waals surface area (Å²) in [7, 11) is 0. The topological polar surface area (TPSA) is 147 Å². The molecule has 5 aromatic rings. The van der Waals surface area contributed by atoms with E-state index in [0.29, 0.717) is 50.1 Å². The molecule has 0 spiro atoms. The first kappa shape index (κ1) is 32.7. The van der Waals surface area contributed by atoms with Crippen molar-refractivity contribution in [2.75, 3.05) is 49.2 Å². The van der Waals surface area contributed by atoms with Gasteiger partial charge in [-0.05, 0) is 56.5 Å². The van der Waals surface area contributed by atoms with Crippen LogP contribution in [0.2, 0.25) is 5.02 Å². The van der Waals surface area contributed by atoms with Crippen molar-refractivity contribution in [3.8, 4) is 17.1 Å². The zero-order chi connectivity index (χ0) is 34.6. The Morgan fingerprint density at radius 1 is 1.12 bits per heavy atom. The highest BCUT2D eigenvalue weighted by Gasteiger charge is 2.49. The average molecular weight is 725 g/mol. The number of nitrogens with two attached hydrogens (primary N) is 1. The number of thiazole rings is 1. The van der Waals surface area contributed by atoms with Crippen LogP contribution in [0, 0.1) is 11.6 Å². The number of nitrogens with zero attached hydrogens (tertiary/aromatic N) is 7. The molecule has 3 aliphatic heterocycles. The van der Waals surface area contributed by atoms with Crippen LogP contribution in [0.3, 0.4) is 0 Å². The maximum Gasteiger partial charge on any atom is 0.324 e. The van der Waals surface area contributed by atoms with Gasteiger partial charge in [-0.2, -0.15) is 9.97 Å². The van der Waals surface area contributed by atoms with Gasteiger partial charge in [-0.15, -0.1) is 0 Å². The number of nitrogen functional groups attached to an aromatic ring is 1. The number of ether oxygens (including phenoxy) is 1. The Kier molecular flexibility index (Phi) is 8.47. The van der Waals surface area contributed by atoms with Crippen molar-refractivity contribution >= 4 is 67.0 Å². The summed E-state index contributed by atoms with van der Waals surface area (Å²) >= 11 is 7.74. The van der Waals surface area contributed by atoms with Crippen molar-refractivity contribution < 1.29 is 22.7 Å². The third-order valence-corrected chi connectivity index (χ3v) is 11.0. The SMILES string of the molecule is Nc1nc2c(-c3c(Cl)cc4c(NC5CCN(C(=O)Nc6ncccn6)CC5)nc(OC[C@@]56CCCN5C[C@H](F)C6)nc4c3F)ccc(F)c2s1. The summed E-state index contributed by atoms with van der Waals surface area (Å²) in [5, 5.41) is 6.61. The molecular formula is C33H32ClF3N10O2S. The molecule has 0 aliphatic carbocycles. The number of hydrogen-bond donors (Lipinski definition) is 3. The number of carbonyl (C=O) groups excluding carboxylic acids is 1. The molecule has 17 heteroatoms.